The van der Waals surface area contributed by atoms with Gasteiger partial charge in [-0.15, -0.1) is 0 Å². The van der Waals surface area contributed by atoms with Gasteiger partial charge in [-0.2, -0.15) is 0 Å². The van der Waals surface area contributed by atoms with Gasteiger partial charge in [-0.05, 0) is 5.92 Å². The predicted octanol–water partition coefficient (Wildman–Crippen LogP) is 0.141. The summed E-state index contributed by atoms with van der Waals surface area (Å²) in [6.07, 6.45) is 0. The van der Waals surface area contributed by atoms with Crippen LogP contribution in [-0.2, 0) is 4.74 Å². The molecule has 0 spiro atoms. The van der Waals surface area contributed by atoms with Crippen LogP contribution in [0.25, 0.3) is 0 Å². The van der Waals surface area contributed by atoms with Crippen LogP contribution in [-0.4, -0.2) is 65.9 Å². The van der Waals surface area contributed by atoms with Gasteiger partial charge in [0.25, 0.3) is 0 Å². The standard InChI is InChI=1S/C11H20N2O3/c1-9(2)11(15)7-13(8-11)10(14)12-3-5-16-6-4-12/h9,15H,3-8H2,1-2H3. The Bertz CT molecular complexity index is 268. The van der Waals surface area contributed by atoms with Crippen LogP contribution in [0.3, 0.4) is 0 Å². The third-order valence-corrected chi connectivity index (χ3v) is 3.56. The van der Waals surface area contributed by atoms with E-state index in [4.69, 9.17) is 4.74 Å². The van der Waals surface area contributed by atoms with Crippen LogP contribution in [0.4, 0.5) is 4.79 Å². The van der Waals surface area contributed by atoms with Crippen molar-refractivity contribution in [2.24, 2.45) is 5.92 Å². The zero-order valence-corrected chi connectivity index (χ0v) is 9.98. The zero-order valence-electron chi connectivity index (χ0n) is 9.98. The molecule has 0 saturated carbocycles. The number of hydrogen-bond donors (Lipinski definition) is 1. The van der Waals surface area contributed by atoms with Gasteiger partial charge in [0.05, 0.1) is 26.3 Å². The van der Waals surface area contributed by atoms with Gasteiger partial charge >= 0.3 is 6.03 Å². The molecule has 0 bridgehead atoms. The molecule has 0 radical (unpaired) electrons. The molecular formula is C11H20N2O3. The van der Waals surface area contributed by atoms with E-state index in [-0.39, 0.29) is 11.9 Å². The van der Waals surface area contributed by atoms with Crippen LogP contribution >= 0.6 is 0 Å². The molecule has 0 unspecified atom stereocenters. The van der Waals surface area contributed by atoms with E-state index in [9.17, 15) is 9.90 Å². The molecule has 0 aromatic rings. The lowest BCUT2D eigenvalue weighted by atomic mass is 9.83. The van der Waals surface area contributed by atoms with E-state index in [1.165, 1.54) is 0 Å². The van der Waals surface area contributed by atoms with E-state index in [1.807, 2.05) is 13.8 Å². The molecular weight excluding hydrogens is 208 g/mol. The summed E-state index contributed by atoms with van der Waals surface area (Å²) >= 11 is 0. The lowest BCUT2D eigenvalue weighted by molar-refractivity contribution is -0.113. The monoisotopic (exact) mass is 228 g/mol. The summed E-state index contributed by atoms with van der Waals surface area (Å²) in [7, 11) is 0. The summed E-state index contributed by atoms with van der Waals surface area (Å²) < 4.78 is 5.20. The first-order valence-corrected chi connectivity index (χ1v) is 5.87. The van der Waals surface area contributed by atoms with Crippen LogP contribution < -0.4 is 0 Å². The van der Waals surface area contributed by atoms with E-state index in [1.54, 1.807) is 9.80 Å². The molecule has 92 valence electrons. The summed E-state index contributed by atoms with van der Waals surface area (Å²) in [4.78, 5) is 15.5. The fourth-order valence-corrected chi connectivity index (χ4v) is 2.07. The highest BCUT2D eigenvalue weighted by molar-refractivity contribution is 5.75. The molecule has 1 N–H and O–H groups in total. The fraction of sp³-hybridized carbons (Fsp3) is 0.909. The van der Waals surface area contributed by atoms with Crippen molar-refractivity contribution in [3.05, 3.63) is 0 Å². The molecule has 0 aromatic heterocycles. The van der Waals surface area contributed by atoms with E-state index in [0.717, 1.165) is 0 Å². The van der Waals surface area contributed by atoms with Gasteiger partial charge in [0.2, 0.25) is 0 Å². The van der Waals surface area contributed by atoms with Gasteiger partial charge in [0, 0.05) is 13.1 Å². The molecule has 5 heteroatoms. The number of ether oxygens (including phenoxy) is 1. The fourth-order valence-electron chi connectivity index (χ4n) is 2.07. The third-order valence-electron chi connectivity index (χ3n) is 3.56. The number of morpholine rings is 1. The van der Waals surface area contributed by atoms with Gasteiger partial charge in [-0.1, -0.05) is 13.8 Å². The number of rotatable bonds is 1. The zero-order chi connectivity index (χ0) is 11.8. The summed E-state index contributed by atoms with van der Waals surface area (Å²) in [6, 6.07) is 0.0358. The molecule has 0 atom stereocenters. The maximum atomic E-state index is 12.0. The third kappa shape index (κ3) is 2.01. The number of carbonyl (C=O) groups is 1. The Balaban J connectivity index is 1.84. The van der Waals surface area contributed by atoms with Crippen molar-refractivity contribution >= 4 is 6.03 Å². The first-order chi connectivity index (χ1) is 7.53. The number of hydrogen-bond acceptors (Lipinski definition) is 3. The first kappa shape index (κ1) is 11.7. The Morgan fingerprint density at radius 3 is 2.31 bits per heavy atom. The number of carbonyl (C=O) groups excluding carboxylic acids is 1. The molecule has 2 rings (SSSR count). The SMILES string of the molecule is CC(C)C1(O)CN(C(=O)N2CCOCC2)C1. The first-order valence-electron chi connectivity index (χ1n) is 5.87. The molecule has 5 nitrogen and oxygen atoms in total. The number of nitrogens with zero attached hydrogens (tertiary/aromatic N) is 2. The van der Waals surface area contributed by atoms with Crippen molar-refractivity contribution in [1.82, 2.24) is 9.80 Å². The summed E-state index contributed by atoms with van der Waals surface area (Å²) in [6.45, 7) is 7.45. The number of aliphatic hydroxyl groups is 1. The molecule has 2 heterocycles. The van der Waals surface area contributed by atoms with Crippen molar-refractivity contribution in [2.75, 3.05) is 39.4 Å². The Morgan fingerprint density at radius 1 is 1.25 bits per heavy atom. The second-order valence-corrected chi connectivity index (χ2v) is 5.00. The van der Waals surface area contributed by atoms with Crippen molar-refractivity contribution < 1.29 is 14.6 Å². The minimum Gasteiger partial charge on any atom is -0.386 e. The summed E-state index contributed by atoms with van der Waals surface area (Å²) in [5, 5.41) is 10.1. The van der Waals surface area contributed by atoms with E-state index in [0.29, 0.717) is 39.4 Å². The minimum atomic E-state index is -0.679. The maximum absolute atomic E-state index is 12.0. The van der Waals surface area contributed by atoms with Crippen molar-refractivity contribution in [2.45, 2.75) is 19.4 Å². The molecule has 0 aliphatic carbocycles. The van der Waals surface area contributed by atoms with Gasteiger partial charge < -0.3 is 19.6 Å². The highest BCUT2D eigenvalue weighted by Gasteiger charge is 2.46. The second-order valence-electron chi connectivity index (χ2n) is 5.00. The number of likely N-dealkylation sites (tertiary alicyclic amines) is 1. The van der Waals surface area contributed by atoms with Crippen LogP contribution in [0, 0.1) is 5.92 Å². The van der Waals surface area contributed by atoms with Crippen LogP contribution in [0.5, 0.6) is 0 Å². The van der Waals surface area contributed by atoms with E-state index in [2.05, 4.69) is 0 Å². The number of amides is 2. The number of β-amino-alcohol motifs (C(OH)–C–C–N with tert-alkyl or cyclic N) is 1. The quantitative estimate of drug-likeness (QED) is 0.694. The van der Waals surface area contributed by atoms with Gasteiger partial charge in [-0.25, -0.2) is 4.79 Å². The molecule has 0 aromatic carbocycles. The smallest absolute Gasteiger partial charge is 0.320 e. The van der Waals surface area contributed by atoms with Crippen LogP contribution in [0.1, 0.15) is 13.8 Å². The van der Waals surface area contributed by atoms with Crippen molar-refractivity contribution in [1.29, 1.82) is 0 Å². The minimum absolute atomic E-state index is 0.0358. The van der Waals surface area contributed by atoms with Gasteiger partial charge in [0.15, 0.2) is 0 Å². The van der Waals surface area contributed by atoms with Gasteiger partial charge in [0.1, 0.15) is 5.60 Å². The largest absolute Gasteiger partial charge is 0.386 e. The van der Waals surface area contributed by atoms with Crippen LogP contribution in [0.2, 0.25) is 0 Å². The Labute approximate surface area is 96.0 Å². The van der Waals surface area contributed by atoms with Crippen LogP contribution in [0.15, 0.2) is 0 Å². The lowest BCUT2D eigenvalue weighted by Gasteiger charge is -2.50. The Hall–Kier alpha value is -0.810. The Morgan fingerprint density at radius 2 is 1.81 bits per heavy atom. The summed E-state index contributed by atoms with van der Waals surface area (Å²) in [5.41, 5.74) is -0.679. The van der Waals surface area contributed by atoms with Crippen molar-refractivity contribution in [3.8, 4) is 0 Å². The van der Waals surface area contributed by atoms with Crippen molar-refractivity contribution in [3.63, 3.8) is 0 Å². The highest BCUT2D eigenvalue weighted by atomic mass is 16.5. The molecule has 2 saturated heterocycles. The number of urea groups is 1. The lowest BCUT2D eigenvalue weighted by Crippen LogP contribution is -2.68. The van der Waals surface area contributed by atoms with E-state index >= 15 is 0 Å². The molecule has 2 amide bonds. The van der Waals surface area contributed by atoms with E-state index < -0.39 is 5.60 Å². The maximum Gasteiger partial charge on any atom is 0.320 e. The highest BCUT2D eigenvalue weighted by Crippen LogP contribution is 2.29. The van der Waals surface area contributed by atoms with Gasteiger partial charge in [-0.3, -0.25) is 0 Å². The normalized spacial score (nSPS) is 24.5. The topological polar surface area (TPSA) is 53.0 Å². The average Bonchev–Trinajstić information content (AvgIpc) is 2.25. The molecule has 2 aliphatic rings. The Kier molecular flexibility index (Phi) is 3.08. The second kappa shape index (κ2) is 4.22. The molecule has 2 fully saturated rings. The molecule has 2 aliphatic heterocycles. The summed E-state index contributed by atoms with van der Waals surface area (Å²) in [5.74, 6) is 0.196. The predicted molar refractivity (Wildman–Crippen MR) is 59.1 cm³/mol. The molecule has 16 heavy (non-hydrogen) atoms. The average molecular weight is 228 g/mol.